The van der Waals surface area contributed by atoms with Crippen molar-refractivity contribution in [2.24, 2.45) is 0 Å². The fraction of sp³-hybridized carbons (Fsp3) is 0. The molecule has 0 aliphatic rings. The van der Waals surface area contributed by atoms with Crippen molar-refractivity contribution in [3.05, 3.63) is 77.5 Å². The third-order valence-corrected chi connectivity index (χ3v) is 2.89. The number of halogens is 1. The van der Waals surface area contributed by atoms with Gasteiger partial charge in [0.1, 0.15) is 5.70 Å². The topological polar surface area (TPSA) is 58.2 Å². The largest absolute Gasteiger partial charge is 0.321 e. The number of carbonyl (C=O) groups excluding carboxylic acids is 2. The molecule has 2 rings (SSSR count). The average Bonchev–Trinajstić information content (AvgIpc) is 2.54. The first kappa shape index (κ1) is 14.8. The maximum atomic E-state index is 12.0. The standard InChI is InChI=1S/C16H13ClN2O2/c17-11-14(16(21)18-13-9-5-2-6-10-13)19-15(20)12-7-3-1-4-8-12/h1-11H,(H,18,21)(H,19,20). The minimum Gasteiger partial charge on any atom is -0.321 e. The van der Waals surface area contributed by atoms with E-state index in [4.69, 9.17) is 11.6 Å². The predicted molar refractivity (Wildman–Crippen MR) is 82.9 cm³/mol. The average molecular weight is 301 g/mol. The highest BCUT2D eigenvalue weighted by molar-refractivity contribution is 6.28. The fourth-order valence-electron chi connectivity index (χ4n) is 1.64. The molecule has 0 saturated heterocycles. The highest BCUT2D eigenvalue weighted by Crippen LogP contribution is 2.08. The molecule has 0 aromatic heterocycles. The van der Waals surface area contributed by atoms with E-state index < -0.39 is 11.8 Å². The van der Waals surface area contributed by atoms with E-state index in [1.54, 1.807) is 54.6 Å². The van der Waals surface area contributed by atoms with Crippen molar-refractivity contribution in [3.8, 4) is 0 Å². The maximum Gasteiger partial charge on any atom is 0.273 e. The second-order valence-electron chi connectivity index (χ2n) is 4.16. The molecule has 0 saturated carbocycles. The number of hydrogen-bond acceptors (Lipinski definition) is 2. The van der Waals surface area contributed by atoms with Gasteiger partial charge in [-0.2, -0.15) is 0 Å². The number of nitrogens with one attached hydrogen (secondary N) is 2. The van der Waals surface area contributed by atoms with E-state index in [0.29, 0.717) is 11.3 Å². The van der Waals surface area contributed by atoms with Crippen molar-refractivity contribution < 1.29 is 9.59 Å². The summed E-state index contributed by atoms with van der Waals surface area (Å²) in [4.78, 5) is 24.0. The lowest BCUT2D eigenvalue weighted by molar-refractivity contribution is -0.113. The molecule has 0 aliphatic carbocycles. The lowest BCUT2D eigenvalue weighted by Gasteiger charge is -2.09. The lowest BCUT2D eigenvalue weighted by Crippen LogP contribution is -2.30. The van der Waals surface area contributed by atoms with Gasteiger partial charge in [-0.3, -0.25) is 9.59 Å². The first-order valence-electron chi connectivity index (χ1n) is 6.24. The van der Waals surface area contributed by atoms with Crippen LogP contribution in [0.1, 0.15) is 10.4 Å². The van der Waals surface area contributed by atoms with Gasteiger partial charge in [-0.1, -0.05) is 48.0 Å². The van der Waals surface area contributed by atoms with E-state index in [2.05, 4.69) is 10.6 Å². The van der Waals surface area contributed by atoms with Gasteiger partial charge in [-0.25, -0.2) is 0 Å². The Morgan fingerprint density at radius 1 is 0.905 bits per heavy atom. The highest BCUT2D eigenvalue weighted by atomic mass is 35.5. The van der Waals surface area contributed by atoms with Gasteiger partial charge in [-0.05, 0) is 24.3 Å². The van der Waals surface area contributed by atoms with E-state index in [1.807, 2.05) is 6.07 Å². The summed E-state index contributed by atoms with van der Waals surface area (Å²) in [5.74, 6) is -0.883. The molecule has 0 unspecified atom stereocenters. The van der Waals surface area contributed by atoms with Crippen LogP contribution in [0, 0.1) is 0 Å². The molecule has 0 spiro atoms. The van der Waals surface area contributed by atoms with Crippen LogP contribution in [0.25, 0.3) is 0 Å². The SMILES string of the molecule is O=C(Nc1ccccc1)C(=CCl)NC(=O)c1ccccc1. The summed E-state index contributed by atoms with van der Waals surface area (Å²) in [6, 6.07) is 17.5. The highest BCUT2D eigenvalue weighted by Gasteiger charge is 2.13. The lowest BCUT2D eigenvalue weighted by atomic mass is 10.2. The molecule has 2 aromatic carbocycles. The molecule has 0 aliphatic heterocycles. The minimum atomic E-state index is -0.486. The van der Waals surface area contributed by atoms with E-state index in [-0.39, 0.29) is 5.70 Å². The summed E-state index contributed by atoms with van der Waals surface area (Å²) in [5, 5.41) is 5.12. The van der Waals surface area contributed by atoms with Crippen molar-refractivity contribution in [3.63, 3.8) is 0 Å². The summed E-state index contributed by atoms with van der Waals surface area (Å²) in [6.45, 7) is 0. The normalized spacial score (nSPS) is 10.8. The van der Waals surface area contributed by atoms with Gasteiger partial charge in [0, 0.05) is 16.8 Å². The zero-order valence-electron chi connectivity index (χ0n) is 11.0. The first-order valence-corrected chi connectivity index (χ1v) is 6.67. The van der Waals surface area contributed by atoms with Crippen LogP contribution < -0.4 is 10.6 Å². The monoisotopic (exact) mass is 300 g/mol. The van der Waals surface area contributed by atoms with E-state index >= 15 is 0 Å². The number of anilines is 1. The molecule has 0 radical (unpaired) electrons. The molecule has 2 N–H and O–H groups in total. The Hall–Kier alpha value is -2.59. The third-order valence-electron chi connectivity index (χ3n) is 2.67. The molecule has 106 valence electrons. The third kappa shape index (κ3) is 4.19. The Kier molecular flexibility index (Phi) is 5.12. The zero-order valence-corrected chi connectivity index (χ0v) is 11.8. The van der Waals surface area contributed by atoms with Gasteiger partial charge in [0.05, 0.1) is 0 Å². The van der Waals surface area contributed by atoms with Crippen LogP contribution in [0.3, 0.4) is 0 Å². The summed E-state index contributed by atoms with van der Waals surface area (Å²) < 4.78 is 0. The number of rotatable bonds is 4. The maximum absolute atomic E-state index is 12.0. The molecule has 2 amide bonds. The van der Waals surface area contributed by atoms with Gasteiger partial charge in [-0.15, -0.1) is 0 Å². The number of carbonyl (C=O) groups is 2. The van der Waals surface area contributed by atoms with Crippen LogP contribution in [0.2, 0.25) is 0 Å². The second-order valence-corrected chi connectivity index (χ2v) is 4.38. The Morgan fingerprint density at radius 3 is 2.05 bits per heavy atom. The molecule has 0 atom stereocenters. The van der Waals surface area contributed by atoms with E-state index in [1.165, 1.54) is 0 Å². The molecular weight excluding hydrogens is 288 g/mol. The van der Waals surface area contributed by atoms with E-state index in [0.717, 1.165) is 5.54 Å². The Labute approximate surface area is 127 Å². The van der Waals surface area contributed by atoms with Crippen LogP contribution in [0.15, 0.2) is 71.9 Å². The minimum absolute atomic E-state index is 0.0191. The Bertz CT molecular complexity index is 654. The van der Waals surface area contributed by atoms with Gasteiger partial charge >= 0.3 is 0 Å². The molecule has 0 heterocycles. The van der Waals surface area contributed by atoms with Gasteiger partial charge in [0.25, 0.3) is 11.8 Å². The molecule has 4 nitrogen and oxygen atoms in total. The Balaban J connectivity index is 2.03. The number of para-hydroxylation sites is 1. The van der Waals surface area contributed by atoms with Crippen molar-refractivity contribution >= 4 is 29.1 Å². The van der Waals surface area contributed by atoms with Gasteiger partial charge < -0.3 is 10.6 Å². The summed E-state index contributed by atoms with van der Waals surface area (Å²) in [5.41, 5.74) is 2.09. The smallest absolute Gasteiger partial charge is 0.273 e. The van der Waals surface area contributed by atoms with Crippen LogP contribution in [0.5, 0.6) is 0 Å². The van der Waals surface area contributed by atoms with Gasteiger partial charge in [0.15, 0.2) is 0 Å². The molecular formula is C16H13ClN2O2. The Morgan fingerprint density at radius 2 is 1.48 bits per heavy atom. The fourth-order valence-corrected chi connectivity index (χ4v) is 1.79. The quantitative estimate of drug-likeness (QED) is 0.852. The van der Waals surface area contributed by atoms with Crippen molar-refractivity contribution in [2.75, 3.05) is 5.32 Å². The summed E-state index contributed by atoms with van der Waals surface area (Å²) in [7, 11) is 0. The molecule has 21 heavy (non-hydrogen) atoms. The van der Waals surface area contributed by atoms with E-state index in [9.17, 15) is 9.59 Å². The number of benzene rings is 2. The number of amides is 2. The van der Waals surface area contributed by atoms with Crippen molar-refractivity contribution in [2.45, 2.75) is 0 Å². The summed E-state index contributed by atoms with van der Waals surface area (Å²) in [6.07, 6.45) is 0. The molecule has 0 bridgehead atoms. The zero-order chi connectivity index (χ0) is 15.1. The van der Waals surface area contributed by atoms with Crippen molar-refractivity contribution in [1.82, 2.24) is 5.32 Å². The van der Waals surface area contributed by atoms with Crippen LogP contribution in [-0.2, 0) is 4.79 Å². The molecule has 0 fully saturated rings. The van der Waals surface area contributed by atoms with Crippen LogP contribution in [0.4, 0.5) is 5.69 Å². The van der Waals surface area contributed by atoms with Crippen LogP contribution >= 0.6 is 11.6 Å². The number of hydrogen-bond donors (Lipinski definition) is 2. The predicted octanol–water partition coefficient (Wildman–Crippen LogP) is 3.14. The summed E-state index contributed by atoms with van der Waals surface area (Å²) >= 11 is 5.62. The first-order chi connectivity index (χ1) is 10.2. The molecule has 5 heteroatoms. The van der Waals surface area contributed by atoms with Crippen LogP contribution in [-0.4, -0.2) is 11.8 Å². The van der Waals surface area contributed by atoms with Crippen molar-refractivity contribution in [1.29, 1.82) is 0 Å². The second kappa shape index (κ2) is 7.26. The van der Waals surface area contributed by atoms with Gasteiger partial charge in [0.2, 0.25) is 0 Å². The molecule has 2 aromatic rings.